The molecule has 0 aliphatic heterocycles. The van der Waals surface area contributed by atoms with Crippen molar-refractivity contribution in [1.29, 1.82) is 0 Å². The molecule has 1 amide bonds. The van der Waals surface area contributed by atoms with Crippen LogP contribution in [0.2, 0.25) is 0 Å². The van der Waals surface area contributed by atoms with Crippen molar-refractivity contribution in [2.45, 2.75) is 25.8 Å². The maximum Gasteiger partial charge on any atom is 0.273 e. The highest BCUT2D eigenvalue weighted by molar-refractivity contribution is 5.98. The van der Waals surface area contributed by atoms with Gasteiger partial charge in [-0.2, -0.15) is 0 Å². The Bertz CT molecular complexity index is 1190. The molecule has 0 atom stereocenters. The number of H-pyrrole nitrogens is 1. The number of nitrogens with two attached hydrogens (primary N) is 1. The van der Waals surface area contributed by atoms with Gasteiger partial charge in [0.2, 0.25) is 0 Å². The van der Waals surface area contributed by atoms with Gasteiger partial charge in [-0.3, -0.25) is 4.79 Å². The van der Waals surface area contributed by atoms with Crippen LogP contribution in [0.15, 0.2) is 42.9 Å². The molecule has 8 nitrogen and oxygen atoms in total. The molecule has 140 valence electrons. The molecule has 4 N–H and O–H groups in total. The van der Waals surface area contributed by atoms with Crippen LogP contribution >= 0.6 is 0 Å². The summed E-state index contributed by atoms with van der Waals surface area (Å²) in [5, 5.41) is 2.93. The lowest BCUT2D eigenvalue weighted by atomic mass is 10.1. The Morgan fingerprint density at radius 1 is 1.25 bits per heavy atom. The van der Waals surface area contributed by atoms with Crippen LogP contribution in [0.4, 0.5) is 5.82 Å². The van der Waals surface area contributed by atoms with Crippen molar-refractivity contribution in [3.63, 3.8) is 0 Å². The van der Waals surface area contributed by atoms with Crippen LogP contribution in [-0.2, 0) is 0 Å². The van der Waals surface area contributed by atoms with Crippen LogP contribution in [0.25, 0.3) is 28.3 Å². The number of hydrogen-bond acceptors (Lipinski definition) is 5. The second kappa shape index (κ2) is 6.19. The molecule has 4 heterocycles. The number of nitrogens with zero attached hydrogens (tertiary/aromatic N) is 4. The van der Waals surface area contributed by atoms with Gasteiger partial charge in [-0.05, 0) is 44.0 Å². The smallest absolute Gasteiger partial charge is 0.273 e. The summed E-state index contributed by atoms with van der Waals surface area (Å²) in [5.74, 6) is -0.168. The number of anilines is 1. The number of nitrogen functional groups attached to an aromatic ring is 1. The zero-order valence-corrected chi connectivity index (χ0v) is 15.3. The van der Waals surface area contributed by atoms with E-state index >= 15 is 0 Å². The Hall–Kier alpha value is -3.68. The normalized spacial score (nSPS) is 13.8. The number of fused-ring (bicyclic) bond motifs is 1. The van der Waals surface area contributed by atoms with Crippen molar-refractivity contribution in [3.05, 3.63) is 54.2 Å². The average molecular weight is 373 g/mol. The number of aromatic amines is 1. The van der Waals surface area contributed by atoms with E-state index in [1.165, 1.54) is 0 Å². The second-order valence-corrected chi connectivity index (χ2v) is 7.03. The summed E-state index contributed by atoms with van der Waals surface area (Å²) in [7, 11) is 0. The fraction of sp³-hybridized carbons (Fsp3) is 0.200. The maximum absolute atomic E-state index is 12.6. The van der Waals surface area contributed by atoms with Gasteiger partial charge in [-0.15, -0.1) is 0 Å². The molecule has 0 bridgehead atoms. The summed E-state index contributed by atoms with van der Waals surface area (Å²) in [6, 6.07) is 7.84. The number of aryl methyl sites for hydroxylation is 1. The van der Waals surface area contributed by atoms with Gasteiger partial charge in [-0.25, -0.2) is 15.0 Å². The van der Waals surface area contributed by atoms with Gasteiger partial charge < -0.3 is 20.4 Å². The van der Waals surface area contributed by atoms with E-state index < -0.39 is 0 Å². The highest BCUT2D eigenvalue weighted by Gasteiger charge is 2.27. The quantitative estimate of drug-likeness (QED) is 0.509. The number of nitrogens with one attached hydrogen (secondary N) is 2. The van der Waals surface area contributed by atoms with Crippen molar-refractivity contribution in [2.75, 3.05) is 5.73 Å². The highest BCUT2D eigenvalue weighted by Crippen LogP contribution is 2.30. The number of imidazole rings is 1. The third-order valence-corrected chi connectivity index (χ3v) is 4.87. The van der Waals surface area contributed by atoms with Crippen molar-refractivity contribution in [2.24, 2.45) is 0 Å². The van der Waals surface area contributed by atoms with Gasteiger partial charge in [0.1, 0.15) is 17.0 Å². The maximum atomic E-state index is 12.6. The van der Waals surface area contributed by atoms with Crippen LogP contribution in [-0.4, -0.2) is 36.3 Å². The second-order valence-electron chi connectivity index (χ2n) is 7.03. The van der Waals surface area contributed by atoms with Gasteiger partial charge in [0.25, 0.3) is 5.91 Å². The number of carbonyl (C=O) groups is 1. The molecule has 1 saturated carbocycles. The monoisotopic (exact) mass is 373 g/mol. The molecule has 1 fully saturated rings. The van der Waals surface area contributed by atoms with Crippen LogP contribution in [0.1, 0.15) is 29.0 Å². The molecule has 4 aromatic rings. The van der Waals surface area contributed by atoms with Gasteiger partial charge in [0.05, 0.1) is 5.69 Å². The number of aromatic nitrogens is 5. The van der Waals surface area contributed by atoms with Crippen LogP contribution in [0.3, 0.4) is 0 Å². The van der Waals surface area contributed by atoms with Crippen molar-refractivity contribution in [3.8, 4) is 22.6 Å². The first-order valence-corrected chi connectivity index (χ1v) is 9.16. The molecule has 1 aliphatic carbocycles. The highest BCUT2D eigenvalue weighted by atomic mass is 16.2. The molecule has 0 saturated heterocycles. The van der Waals surface area contributed by atoms with Crippen molar-refractivity contribution >= 4 is 17.4 Å². The first-order chi connectivity index (χ1) is 13.6. The lowest BCUT2D eigenvalue weighted by molar-refractivity contribution is 0.0947. The van der Waals surface area contributed by atoms with Crippen LogP contribution < -0.4 is 11.1 Å². The topological polar surface area (TPSA) is 114 Å². The molecule has 0 aromatic carbocycles. The van der Waals surface area contributed by atoms with E-state index in [1.807, 2.05) is 54.2 Å². The molecule has 5 rings (SSSR count). The third-order valence-electron chi connectivity index (χ3n) is 4.87. The molecular formula is C20H19N7O. The molecule has 0 spiro atoms. The van der Waals surface area contributed by atoms with E-state index in [-0.39, 0.29) is 23.5 Å². The summed E-state index contributed by atoms with van der Waals surface area (Å²) in [6.07, 6.45) is 7.56. The van der Waals surface area contributed by atoms with Gasteiger partial charge in [0.15, 0.2) is 11.5 Å². The van der Waals surface area contributed by atoms with Gasteiger partial charge in [0, 0.05) is 35.9 Å². The minimum Gasteiger partial charge on any atom is -0.382 e. The van der Waals surface area contributed by atoms with E-state index in [9.17, 15) is 4.79 Å². The predicted molar refractivity (Wildman–Crippen MR) is 106 cm³/mol. The third kappa shape index (κ3) is 2.79. The summed E-state index contributed by atoms with van der Waals surface area (Å²) < 4.78 is 1.98. The number of rotatable bonds is 4. The first kappa shape index (κ1) is 16.5. The summed E-state index contributed by atoms with van der Waals surface area (Å²) in [5.41, 5.74) is 10.9. The molecule has 1 aliphatic rings. The standard InChI is InChI=1S/C20H19N7O/c1-11-9-23-15-7-4-12(10-27(11)15)16-17(14-3-2-8-22-14)26-19(21)18(25-16)20(28)24-13-5-6-13/h2-4,7-10,13,22H,5-6H2,1H3,(H2,21,26)(H,24,28). The minimum atomic E-state index is -0.285. The van der Waals surface area contributed by atoms with Crippen molar-refractivity contribution in [1.82, 2.24) is 29.7 Å². The lowest BCUT2D eigenvalue weighted by Gasteiger charge is -2.12. The molecule has 28 heavy (non-hydrogen) atoms. The Balaban J connectivity index is 1.70. The fourth-order valence-corrected chi connectivity index (χ4v) is 3.21. The molecule has 4 aromatic heterocycles. The average Bonchev–Trinajstić information content (AvgIpc) is 3.19. The number of carbonyl (C=O) groups excluding carboxylic acids is 1. The molecule has 0 unspecified atom stereocenters. The predicted octanol–water partition coefficient (Wildman–Crippen LogP) is 2.57. The zero-order chi connectivity index (χ0) is 19.3. The van der Waals surface area contributed by atoms with Gasteiger partial charge >= 0.3 is 0 Å². The lowest BCUT2D eigenvalue weighted by Crippen LogP contribution is -2.28. The fourth-order valence-electron chi connectivity index (χ4n) is 3.21. The zero-order valence-electron chi connectivity index (χ0n) is 15.3. The number of pyridine rings is 1. The summed E-state index contributed by atoms with van der Waals surface area (Å²) in [4.78, 5) is 29.3. The van der Waals surface area contributed by atoms with E-state index in [4.69, 9.17) is 5.73 Å². The van der Waals surface area contributed by atoms with E-state index in [1.54, 1.807) is 0 Å². The summed E-state index contributed by atoms with van der Waals surface area (Å²) >= 11 is 0. The number of hydrogen-bond donors (Lipinski definition) is 3. The van der Waals surface area contributed by atoms with E-state index in [0.717, 1.165) is 35.4 Å². The minimum absolute atomic E-state index is 0.117. The Labute approximate surface area is 160 Å². The SMILES string of the molecule is Cc1cnc2ccc(-c3nc(C(=O)NC4CC4)c(N)nc3-c3ccc[nH]3)cn12. The molecular weight excluding hydrogens is 354 g/mol. The van der Waals surface area contributed by atoms with Crippen LogP contribution in [0, 0.1) is 6.92 Å². The largest absolute Gasteiger partial charge is 0.382 e. The van der Waals surface area contributed by atoms with Crippen molar-refractivity contribution < 1.29 is 4.79 Å². The van der Waals surface area contributed by atoms with E-state index in [2.05, 4.69) is 25.3 Å². The molecule has 8 heteroatoms. The molecule has 0 radical (unpaired) electrons. The Kier molecular flexibility index (Phi) is 3.65. The van der Waals surface area contributed by atoms with E-state index in [0.29, 0.717) is 11.4 Å². The Morgan fingerprint density at radius 3 is 2.86 bits per heavy atom. The first-order valence-electron chi connectivity index (χ1n) is 9.16. The number of amides is 1. The van der Waals surface area contributed by atoms with Gasteiger partial charge in [-0.1, -0.05) is 0 Å². The van der Waals surface area contributed by atoms with Crippen LogP contribution in [0.5, 0.6) is 0 Å². The Morgan fingerprint density at radius 2 is 2.11 bits per heavy atom. The summed E-state index contributed by atoms with van der Waals surface area (Å²) in [6.45, 7) is 1.98.